The van der Waals surface area contributed by atoms with Gasteiger partial charge in [0.2, 0.25) is 0 Å². The van der Waals surface area contributed by atoms with Gasteiger partial charge in [-0.3, -0.25) is 9.69 Å². The standard InChI is InChI=1S/C11H22N2O3/c1-12-10(11(14)15)4-2-3-5-13-6-8-16-9-7-13/h10,12H,2-9H2,1H3,(H,14,15). The molecule has 16 heavy (non-hydrogen) atoms. The van der Waals surface area contributed by atoms with Gasteiger partial charge in [-0.1, -0.05) is 6.42 Å². The molecule has 1 aliphatic heterocycles. The lowest BCUT2D eigenvalue weighted by Gasteiger charge is -2.26. The number of hydrogen-bond donors (Lipinski definition) is 2. The molecule has 1 rings (SSSR count). The van der Waals surface area contributed by atoms with Gasteiger partial charge in [-0.15, -0.1) is 0 Å². The number of unbranched alkanes of at least 4 members (excludes halogenated alkanes) is 1. The normalized spacial score (nSPS) is 19.6. The van der Waals surface area contributed by atoms with Crippen LogP contribution in [0.1, 0.15) is 19.3 Å². The van der Waals surface area contributed by atoms with E-state index in [1.807, 2.05) is 0 Å². The summed E-state index contributed by atoms with van der Waals surface area (Å²) in [4.78, 5) is 13.1. The highest BCUT2D eigenvalue weighted by molar-refractivity contribution is 5.73. The van der Waals surface area contributed by atoms with E-state index >= 15 is 0 Å². The first-order valence-electron chi connectivity index (χ1n) is 5.94. The maximum absolute atomic E-state index is 10.7. The maximum Gasteiger partial charge on any atom is 0.320 e. The summed E-state index contributed by atoms with van der Waals surface area (Å²) in [6, 6.07) is -0.398. The summed E-state index contributed by atoms with van der Waals surface area (Å²) in [6.07, 6.45) is 2.72. The lowest BCUT2D eigenvalue weighted by molar-refractivity contribution is -0.139. The molecule has 94 valence electrons. The van der Waals surface area contributed by atoms with Crippen molar-refractivity contribution in [3.8, 4) is 0 Å². The molecule has 0 spiro atoms. The number of aliphatic carboxylic acids is 1. The van der Waals surface area contributed by atoms with Crippen molar-refractivity contribution in [3.05, 3.63) is 0 Å². The lowest BCUT2D eigenvalue weighted by atomic mass is 10.1. The van der Waals surface area contributed by atoms with Gasteiger partial charge in [-0.05, 0) is 26.4 Å². The van der Waals surface area contributed by atoms with Crippen LogP contribution in [-0.2, 0) is 9.53 Å². The topological polar surface area (TPSA) is 61.8 Å². The molecule has 0 aromatic carbocycles. The summed E-state index contributed by atoms with van der Waals surface area (Å²) < 4.78 is 5.26. The van der Waals surface area contributed by atoms with E-state index in [-0.39, 0.29) is 0 Å². The van der Waals surface area contributed by atoms with Crippen molar-refractivity contribution in [3.63, 3.8) is 0 Å². The molecule has 1 fully saturated rings. The Bertz CT molecular complexity index is 205. The van der Waals surface area contributed by atoms with Crippen LogP contribution in [0.25, 0.3) is 0 Å². The second kappa shape index (κ2) is 7.60. The van der Waals surface area contributed by atoms with E-state index in [9.17, 15) is 4.79 Å². The maximum atomic E-state index is 10.7. The van der Waals surface area contributed by atoms with Crippen LogP contribution >= 0.6 is 0 Å². The number of likely N-dealkylation sites (N-methyl/N-ethyl adjacent to an activating group) is 1. The smallest absolute Gasteiger partial charge is 0.320 e. The lowest BCUT2D eigenvalue weighted by Crippen LogP contribution is -2.37. The molecular formula is C11H22N2O3. The van der Waals surface area contributed by atoms with Crippen molar-refractivity contribution in [1.82, 2.24) is 10.2 Å². The number of rotatable bonds is 7. The molecule has 5 heteroatoms. The number of ether oxygens (including phenoxy) is 1. The Kier molecular flexibility index (Phi) is 6.37. The van der Waals surface area contributed by atoms with Crippen LogP contribution in [0.15, 0.2) is 0 Å². The second-order valence-electron chi connectivity index (χ2n) is 4.13. The van der Waals surface area contributed by atoms with Gasteiger partial charge in [0, 0.05) is 13.1 Å². The van der Waals surface area contributed by atoms with Crippen molar-refractivity contribution in [2.75, 3.05) is 39.9 Å². The molecule has 1 atom stereocenters. The van der Waals surface area contributed by atoms with E-state index in [2.05, 4.69) is 10.2 Å². The molecule has 0 aliphatic carbocycles. The van der Waals surface area contributed by atoms with E-state index in [1.54, 1.807) is 7.05 Å². The third kappa shape index (κ3) is 4.92. The van der Waals surface area contributed by atoms with Crippen molar-refractivity contribution in [2.45, 2.75) is 25.3 Å². The predicted octanol–water partition coefficient (Wildman–Crippen LogP) is 0.162. The minimum absolute atomic E-state index is 0.398. The van der Waals surface area contributed by atoms with Gasteiger partial charge in [0.15, 0.2) is 0 Å². The van der Waals surface area contributed by atoms with Crippen molar-refractivity contribution < 1.29 is 14.6 Å². The molecular weight excluding hydrogens is 208 g/mol. The largest absolute Gasteiger partial charge is 0.480 e. The summed E-state index contributed by atoms with van der Waals surface area (Å²) in [7, 11) is 1.70. The molecule has 0 amide bonds. The molecule has 1 aliphatic rings. The molecule has 0 aromatic heterocycles. The van der Waals surface area contributed by atoms with Gasteiger partial charge in [0.05, 0.1) is 13.2 Å². The molecule has 5 nitrogen and oxygen atoms in total. The summed E-state index contributed by atoms with van der Waals surface area (Å²) in [6.45, 7) is 4.73. The Labute approximate surface area is 96.8 Å². The Morgan fingerprint density at radius 1 is 1.44 bits per heavy atom. The Morgan fingerprint density at radius 2 is 2.12 bits per heavy atom. The average molecular weight is 230 g/mol. The highest BCUT2D eigenvalue weighted by Gasteiger charge is 2.14. The number of nitrogens with one attached hydrogen (secondary N) is 1. The van der Waals surface area contributed by atoms with E-state index in [1.165, 1.54) is 0 Å². The molecule has 0 saturated carbocycles. The first-order chi connectivity index (χ1) is 7.74. The number of morpholine rings is 1. The zero-order chi connectivity index (χ0) is 11.8. The number of carboxylic acids is 1. The Balaban J connectivity index is 2.03. The summed E-state index contributed by atoms with van der Waals surface area (Å²) in [5.74, 6) is -0.756. The SMILES string of the molecule is CNC(CCCCN1CCOCC1)C(=O)O. The molecule has 1 saturated heterocycles. The van der Waals surface area contributed by atoms with Gasteiger partial charge in [-0.2, -0.15) is 0 Å². The third-order valence-electron chi connectivity index (χ3n) is 2.97. The molecule has 1 heterocycles. The fourth-order valence-corrected chi connectivity index (χ4v) is 1.90. The number of carboxylic acid groups (broad SMARTS) is 1. The summed E-state index contributed by atoms with van der Waals surface area (Å²) in [5, 5.41) is 11.6. The van der Waals surface area contributed by atoms with Crippen LogP contribution in [0.5, 0.6) is 0 Å². The third-order valence-corrected chi connectivity index (χ3v) is 2.97. The molecule has 0 aromatic rings. The number of hydrogen-bond acceptors (Lipinski definition) is 4. The highest BCUT2D eigenvalue weighted by atomic mass is 16.5. The van der Waals surface area contributed by atoms with Crippen LogP contribution in [0.2, 0.25) is 0 Å². The van der Waals surface area contributed by atoms with Crippen LogP contribution in [0.4, 0.5) is 0 Å². The van der Waals surface area contributed by atoms with Crippen molar-refractivity contribution in [1.29, 1.82) is 0 Å². The monoisotopic (exact) mass is 230 g/mol. The van der Waals surface area contributed by atoms with Gasteiger partial charge in [0.25, 0.3) is 0 Å². The van der Waals surface area contributed by atoms with Gasteiger partial charge in [0.1, 0.15) is 6.04 Å². The first-order valence-corrected chi connectivity index (χ1v) is 5.94. The van der Waals surface area contributed by atoms with Crippen LogP contribution < -0.4 is 5.32 Å². The molecule has 1 unspecified atom stereocenters. The molecule has 2 N–H and O–H groups in total. The fraction of sp³-hybridized carbons (Fsp3) is 0.909. The van der Waals surface area contributed by atoms with Crippen LogP contribution in [-0.4, -0.2) is 61.9 Å². The second-order valence-corrected chi connectivity index (χ2v) is 4.13. The minimum Gasteiger partial charge on any atom is -0.480 e. The van der Waals surface area contributed by atoms with E-state index in [0.29, 0.717) is 6.42 Å². The van der Waals surface area contributed by atoms with Crippen LogP contribution in [0.3, 0.4) is 0 Å². The van der Waals surface area contributed by atoms with Gasteiger partial charge in [-0.25, -0.2) is 0 Å². The summed E-state index contributed by atoms with van der Waals surface area (Å²) >= 11 is 0. The minimum atomic E-state index is -0.756. The van der Waals surface area contributed by atoms with E-state index in [0.717, 1.165) is 45.7 Å². The average Bonchev–Trinajstić information content (AvgIpc) is 2.30. The zero-order valence-corrected chi connectivity index (χ0v) is 9.95. The molecule has 0 radical (unpaired) electrons. The summed E-state index contributed by atoms with van der Waals surface area (Å²) in [5.41, 5.74) is 0. The predicted molar refractivity (Wildman–Crippen MR) is 61.6 cm³/mol. The zero-order valence-electron chi connectivity index (χ0n) is 9.95. The number of carbonyl (C=O) groups is 1. The van der Waals surface area contributed by atoms with Crippen molar-refractivity contribution >= 4 is 5.97 Å². The quantitative estimate of drug-likeness (QED) is 0.610. The number of nitrogens with zero attached hydrogens (tertiary/aromatic N) is 1. The van der Waals surface area contributed by atoms with Crippen LogP contribution in [0, 0.1) is 0 Å². The molecule has 0 bridgehead atoms. The van der Waals surface area contributed by atoms with Gasteiger partial charge >= 0.3 is 5.97 Å². The fourth-order valence-electron chi connectivity index (χ4n) is 1.90. The van der Waals surface area contributed by atoms with E-state index < -0.39 is 12.0 Å². The highest BCUT2D eigenvalue weighted by Crippen LogP contribution is 2.04. The van der Waals surface area contributed by atoms with Crippen molar-refractivity contribution in [2.24, 2.45) is 0 Å². The Morgan fingerprint density at radius 3 is 2.69 bits per heavy atom. The Hall–Kier alpha value is -0.650. The first kappa shape index (κ1) is 13.4. The van der Waals surface area contributed by atoms with Gasteiger partial charge < -0.3 is 15.2 Å². The van der Waals surface area contributed by atoms with E-state index in [4.69, 9.17) is 9.84 Å².